The highest BCUT2D eigenvalue weighted by Crippen LogP contribution is 2.34. The zero-order valence-corrected chi connectivity index (χ0v) is 10.7. The molecule has 0 atom stereocenters. The van der Waals surface area contributed by atoms with Gasteiger partial charge in [-0.05, 0) is 49.7 Å². The predicted octanol–water partition coefficient (Wildman–Crippen LogP) is 2.17. The van der Waals surface area contributed by atoms with E-state index in [0.29, 0.717) is 6.54 Å². The second-order valence-corrected chi connectivity index (χ2v) is 5.31. The van der Waals surface area contributed by atoms with Gasteiger partial charge in [-0.3, -0.25) is 0 Å². The normalized spacial score (nSPS) is 19.7. The molecule has 1 aromatic carbocycles. The topological polar surface area (TPSA) is 38.0 Å². The quantitative estimate of drug-likeness (QED) is 0.875. The summed E-state index contributed by atoms with van der Waals surface area (Å²) >= 11 is 3.34. The molecule has 0 aliphatic carbocycles. The molecular formula is C12H16BrFN2. The van der Waals surface area contributed by atoms with Crippen molar-refractivity contribution in [2.45, 2.75) is 18.3 Å². The lowest BCUT2D eigenvalue weighted by Gasteiger charge is -2.37. The van der Waals surface area contributed by atoms with Gasteiger partial charge < -0.3 is 11.1 Å². The Morgan fingerprint density at radius 1 is 1.31 bits per heavy atom. The number of rotatable bonds is 2. The van der Waals surface area contributed by atoms with E-state index >= 15 is 0 Å². The third-order valence-electron chi connectivity index (χ3n) is 3.43. The first kappa shape index (κ1) is 12.0. The highest BCUT2D eigenvalue weighted by molar-refractivity contribution is 9.10. The summed E-state index contributed by atoms with van der Waals surface area (Å²) in [6, 6.07) is 5.08. The fourth-order valence-electron chi connectivity index (χ4n) is 2.38. The van der Waals surface area contributed by atoms with Crippen molar-refractivity contribution in [1.82, 2.24) is 5.32 Å². The van der Waals surface area contributed by atoms with Gasteiger partial charge >= 0.3 is 0 Å². The van der Waals surface area contributed by atoms with E-state index in [9.17, 15) is 4.39 Å². The molecule has 1 fully saturated rings. The molecule has 1 heterocycles. The lowest BCUT2D eigenvalue weighted by atomic mass is 9.73. The first-order chi connectivity index (χ1) is 7.66. The summed E-state index contributed by atoms with van der Waals surface area (Å²) in [6.07, 6.45) is 1.94. The summed E-state index contributed by atoms with van der Waals surface area (Å²) in [6.45, 7) is 2.47. The Hall–Kier alpha value is -0.450. The Morgan fingerprint density at radius 2 is 2.00 bits per heavy atom. The van der Waals surface area contributed by atoms with Crippen molar-refractivity contribution in [2.24, 2.45) is 5.73 Å². The second-order valence-electron chi connectivity index (χ2n) is 4.39. The molecule has 0 spiro atoms. The molecule has 3 N–H and O–H groups in total. The van der Waals surface area contributed by atoms with Crippen LogP contribution in [0, 0.1) is 5.82 Å². The Balaban J connectivity index is 2.38. The standard InChI is InChI=1S/C12H16BrFN2/c13-10-5-9(6-11(14)7-10)12(8-15)1-3-16-4-2-12/h5-7,16H,1-4,8,15H2. The zero-order chi connectivity index (χ0) is 11.6. The summed E-state index contributed by atoms with van der Waals surface area (Å²) in [4.78, 5) is 0. The molecule has 1 saturated heterocycles. The first-order valence-electron chi connectivity index (χ1n) is 5.54. The highest BCUT2D eigenvalue weighted by atomic mass is 79.9. The molecule has 2 rings (SSSR count). The average molecular weight is 287 g/mol. The summed E-state index contributed by atoms with van der Waals surface area (Å²) < 4.78 is 14.2. The van der Waals surface area contributed by atoms with Gasteiger partial charge in [-0.1, -0.05) is 15.9 Å². The molecule has 0 radical (unpaired) electrons. The maximum atomic E-state index is 13.4. The van der Waals surface area contributed by atoms with Gasteiger partial charge in [-0.2, -0.15) is 0 Å². The van der Waals surface area contributed by atoms with Gasteiger partial charge in [0.05, 0.1) is 0 Å². The molecule has 2 nitrogen and oxygen atoms in total. The number of benzene rings is 1. The van der Waals surface area contributed by atoms with E-state index in [4.69, 9.17) is 5.73 Å². The minimum atomic E-state index is -0.198. The molecule has 88 valence electrons. The lowest BCUT2D eigenvalue weighted by molar-refractivity contribution is 0.314. The third kappa shape index (κ3) is 2.29. The van der Waals surface area contributed by atoms with Crippen LogP contribution in [0.1, 0.15) is 18.4 Å². The van der Waals surface area contributed by atoms with Crippen LogP contribution in [0.4, 0.5) is 4.39 Å². The van der Waals surface area contributed by atoms with Gasteiger partial charge in [0.2, 0.25) is 0 Å². The van der Waals surface area contributed by atoms with Crippen LogP contribution < -0.4 is 11.1 Å². The van der Waals surface area contributed by atoms with Gasteiger partial charge in [-0.15, -0.1) is 0 Å². The maximum Gasteiger partial charge on any atom is 0.124 e. The molecule has 4 heteroatoms. The molecule has 0 aromatic heterocycles. The maximum absolute atomic E-state index is 13.4. The van der Waals surface area contributed by atoms with Crippen LogP contribution in [0.25, 0.3) is 0 Å². The van der Waals surface area contributed by atoms with Crippen LogP contribution in [0.5, 0.6) is 0 Å². The van der Waals surface area contributed by atoms with Crippen molar-refractivity contribution in [3.63, 3.8) is 0 Å². The SMILES string of the molecule is NCC1(c2cc(F)cc(Br)c2)CCNCC1. The smallest absolute Gasteiger partial charge is 0.124 e. The van der Waals surface area contributed by atoms with Crippen LogP contribution in [-0.2, 0) is 5.41 Å². The Bertz CT molecular complexity index is 355. The molecule has 0 amide bonds. The van der Waals surface area contributed by atoms with E-state index in [1.165, 1.54) is 6.07 Å². The van der Waals surface area contributed by atoms with Crippen LogP contribution in [0.15, 0.2) is 22.7 Å². The van der Waals surface area contributed by atoms with Crippen molar-refractivity contribution >= 4 is 15.9 Å². The lowest BCUT2D eigenvalue weighted by Crippen LogP contribution is -2.44. The van der Waals surface area contributed by atoms with E-state index in [0.717, 1.165) is 36.0 Å². The molecule has 1 aliphatic heterocycles. The fourth-order valence-corrected chi connectivity index (χ4v) is 2.84. The van der Waals surface area contributed by atoms with Crippen molar-refractivity contribution in [3.8, 4) is 0 Å². The van der Waals surface area contributed by atoms with Crippen LogP contribution in [0.3, 0.4) is 0 Å². The fraction of sp³-hybridized carbons (Fsp3) is 0.500. The molecular weight excluding hydrogens is 271 g/mol. The number of nitrogens with one attached hydrogen (secondary N) is 1. The molecule has 0 unspecified atom stereocenters. The van der Waals surface area contributed by atoms with Crippen LogP contribution in [0.2, 0.25) is 0 Å². The number of piperidine rings is 1. The van der Waals surface area contributed by atoms with E-state index in [1.54, 1.807) is 6.07 Å². The first-order valence-corrected chi connectivity index (χ1v) is 6.33. The van der Waals surface area contributed by atoms with E-state index in [2.05, 4.69) is 21.2 Å². The minimum absolute atomic E-state index is 0.0597. The average Bonchev–Trinajstić information content (AvgIpc) is 2.28. The zero-order valence-electron chi connectivity index (χ0n) is 9.10. The summed E-state index contributed by atoms with van der Waals surface area (Å²) in [5.74, 6) is -0.198. The van der Waals surface area contributed by atoms with Crippen molar-refractivity contribution in [1.29, 1.82) is 0 Å². The number of hydrogen-bond donors (Lipinski definition) is 2. The third-order valence-corrected chi connectivity index (χ3v) is 3.88. The van der Waals surface area contributed by atoms with Gasteiger partial charge in [0.15, 0.2) is 0 Å². The predicted molar refractivity (Wildman–Crippen MR) is 66.9 cm³/mol. The number of nitrogens with two attached hydrogens (primary N) is 1. The van der Waals surface area contributed by atoms with Crippen molar-refractivity contribution in [3.05, 3.63) is 34.1 Å². The van der Waals surface area contributed by atoms with Crippen LogP contribution in [-0.4, -0.2) is 19.6 Å². The van der Waals surface area contributed by atoms with E-state index in [1.807, 2.05) is 6.07 Å². The van der Waals surface area contributed by atoms with Gasteiger partial charge in [-0.25, -0.2) is 4.39 Å². The monoisotopic (exact) mass is 286 g/mol. The largest absolute Gasteiger partial charge is 0.330 e. The van der Waals surface area contributed by atoms with Gasteiger partial charge in [0, 0.05) is 16.4 Å². The molecule has 1 aromatic rings. The minimum Gasteiger partial charge on any atom is -0.330 e. The van der Waals surface area contributed by atoms with Crippen LogP contribution >= 0.6 is 15.9 Å². The van der Waals surface area contributed by atoms with Gasteiger partial charge in [0.25, 0.3) is 0 Å². The van der Waals surface area contributed by atoms with E-state index in [-0.39, 0.29) is 11.2 Å². The number of halogens is 2. The Kier molecular flexibility index (Phi) is 3.62. The highest BCUT2D eigenvalue weighted by Gasteiger charge is 2.32. The van der Waals surface area contributed by atoms with E-state index < -0.39 is 0 Å². The van der Waals surface area contributed by atoms with Crippen molar-refractivity contribution in [2.75, 3.05) is 19.6 Å². The number of hydrogen-bond acceptors (Lipinski definition) is 2. The summed E-state index contributed by atoms with van der Waals surface area (Å²) in [5.41, 5.74) is 6.86. The summed E-state index contributed by atoms with van der Waals surface area (Å²) in [7, 11) is 0. The molecule has 0 saturated carbocycles. The van der Waals surface area contributed by atoms with Crippen molar-refractivity contribution < 1.29 is 4.39 Å². The summed E-state index contributed by atoms with van der Waals surface area (Å²) in [5, 5.41) is 3.31. The Morgan fingerprint density at radius 3 is 2.56 bits per heavy atom. The van der Waals surface area contributed by atoms with Gasteiger partial charge in [0.1, 0.15) is 5.82 Å². The molecule has 16 heavy (non-hydrogen) atoms. The Labute approximate surface area is 104 Å². The molecule has 0 bridgehead atoms. The second kappa shape index (κ2) is 4.82. The molecule has 1 aliphatic rings.